The van der Waals surface area contributed by atoms with Gasteiger partial charge >= 0.3 is 0 Å². The first-order valence-electron chi connectivity index (χ1n) is 11.3. The summed E-state index contributed by atoms with van der Waals surface area (Å²) in [6.45, 7) is 3.26. The van der Waals surface area contributed by atoms with Crippen LogP contribution in [0.1, 0.15) is 38.9 Å². The van der Waals surface area contributed by atoms with E-state index in [0.29, 0.717) is 33.5 Å². The molecule has 0 bridgehead atoms. The smallest absolute Gasteiger partial charge is 0.139 e. The number of benzene rings is 1. The second kappa shape index (κ2) is 5.49. The van der Waals surface area contributed by atoms with Crippen LogP contribution in [0.25, 0.3) is 44.2 Å². The predicted molar refractivity (Wildman–Crippen MR) is 109 cm³/mol. The highest BCUT2D eigenvalue weighted by Crippen LogP contribution is 2.39. The number of pyridine rings is 3. The highest BCUT2D eigenvalue weighted by Gasteiger charge is 2.19. The summed E-state index contributed by atoms with van der Waals surface area (Å²) in [6.07, 6.45) is 1.61. The van der Waals surface area contributed by atoms with Crippen LogP contribution in [0, 0.1) is 12.3 Å². The van der Waals surface area contributed by atoms with Gasteiger partial charge in [-0.25, -0.2) is 0 Å². The van der Waals surface area contributed by atoms with Crippen LogP contribution < -0.4 is 0 Å². The Hall–Kier alpha value is -3.01. The van der Waals surface area contributed by atoms with Gasteiger partial charge in [0.05, 0.1) is 33.7 Å². The maximum Gasteiger partial charge on any atom is 0.139 e. The third-order valence-corrected chi connectivity index (χ3v) is 4.49. The second-order valence-corrected chi connectivity index (χ2v) is 7.77. The molecule has 0 radical (unpaired) electrons. The molecule has 0 fully saturated rings. The Morgan fingerprint density at radius 3 is 2.78 bits per heavy atom. The van der Waals surface area contributed by atoms with E-state index in [1.165, 1.54) is 6.07 Å². The first-order chi connectivity index (χ1) is 14.9. The van der Waals surface area contributed by atoms with Crippen molar-refractivity contribution in [2.24, 2.45) is 5.41 Å². The highest BCUT2D eigenvalue weighted by molar-refractivity contribution is 6.21. The van der Waals surface area contributed by atoms with Gasteiger partial charge in [-0.05, 0) is 48.5 Å². The summed E-state index contributed by atoms with van der Waals surface area (Å²) < 4.78 is 46.2. The van der Waals surface area contributed by atoms with Crippen molar-refractivity contribution >= 4 is 33.0 Å². The molecule has 0 amide bonds. The van der Waals surface area contributed by atoms with Crippen molar-refractivity contribution in [2.45, 2.75) is 34.0 Å². The molecule has 0 atom stereocenters. The Bertz CT molecular complexity index is 1480. The molecule has 0 saturated carbocycles. The molecule has 4 nitrogen and oxygen atoms in total. The molecule has 0 saturated heterocycles. The molecule has 0 aliphatic carbocycles. The number of nitrogens with zero attached hydrogens (tertiary/aromatic N) is 3. The van der Waals surface area contributed by atoms with Crippen LogP contribution in [0.3, 0.4) is 0 Å². The van der Waals surface area contributed by atoms with E-state index < -0.39 is 18.6 Å². The summed E-state index contributed by atoms with van der Waals surface area (Å²) in [5, 5.41) is 1.48. The van der Waals surface area contributed by atoms with E-state index in [1.807, 2.05) is 26.8 Å². The van der Waals surface area contributed by atoms with E-state index in [9.17, 15) is 0 Å². The first kappa shape index (κ1) is 11.7. The standard InChI is InChI=1S/C23H21N3O/c1-13-9-19-20-17(26-13)12-25-22-15(5-6-18(27-19)21(20)22)16-10-14(7-8-24-16)11-23(2,3)4/h5-10,12H,11H2,1-4H3/i1D3,11D2. The lowest BCUT2D eigenvalue weighted by Gasteiger charge is -2.18. The fraction of sp³-hybridized carbons (Fsp3) is 0.261. The molecule has 134 valence electrons. The third-order valence-electron chi connectivity index (χ3n) is 4.49. The van der Waals surface area contributed by atoms with Crippen LogP contribution in [0.15, 0.2) is 47.1 Å². The molecule has 5 aromatic rings. The summed E-state index contributed by atoms with van der Waals surface area (Å²) in [6, 6.07) is 8.58. The Morgan fingerprint density at radius 2 is 1.96 bits per heavy atom. The van der Waals surface area contributed by atoms with Gasteiger partial charge in [0.2, 0.25) is 0 Å². The molecular formula is C23H21N3O. The first-order valence-corrected chi connectivity index (χ1v) is 8.80. The Balaban J connectivity index is 1.75. The minimum atomic E-state index is -2.35. The molecule has 0 N–H and O–H groups in total. The predicted octanol–water partition coefficient (Wildman–Crippen LogP) is 5.93. The lowest BCUT2D eigenvalue weighted by Crippen LogP contribution is -2.09. The fourth-order valence-corrected chi connectivity index (χ4v) is 3.54. The number of rotatable bonds is 2. The second-order valence-electron chi connectivity index (χ2n) is 7.77. The van der Waals surface area contributed by atoms with Gasteiger partial charge in [-0.1, -0.05) is 20.8 Å². The molecule has 0 unspecified atom stereocenters. The third kappa shape index (κ3) is 2.64. The summed E-state index contributed by atoms with van der Waals surface area (Å²) in [5.41, 5.74) is 3.42. The minimum Gasteiger partial charge on any atom is -0.456 e. The van der Waals surface area contributed by atoms with Crippen molar-refractivity contribution in [1.29, 1.82) is 0 Å². The van der Waals surface area contributed by atoms with Crippen molar-refractivity contribution in [3.8, 4) is 11.3 Å². The zero-order chi connectivity index (χ0) is 23.1. The van der Waals surface area contributed by atoms with E-state index in [0.717, 1.165) is 16.3 Å². The van der Waals surface area contributed by atoms with Crippen LogP contribution in [0.2, 0.25) is 0 Å². The van der Waals surface area contributed by atoms with Gasteiger partial charge in [0.15, 0.2) is 0 Å². The van der Waals surface area contributed by atoms with Gasteiger partial charge in [0.25, 0.3) is 0 Å². The van der Waals surface area contributed by atoms with Gasteiger partial charge in [0.1, 0.15) is 11.2 Å². The van der Waals surface area contributed by atoms with Crippen molar-refractivity contribution < 1.29 is 11.3 Å². The molecule has 0 aliphatic heterocycles. The van der Waals surface area contributed by atoms with Gasteiger partial charge in [-0.2, -0.15) is 0 Å². The molecule has 4 aromatic heterocycles. The Morgan fingerprint density at radius 1 is 1.07 bits per heavy atom. The van der Waals surface area contributed by atoms with Crippen LogP contribution in [0.5, 0.6) is 0 Å². The van der Waals surface area contributed by atoms with E-state index in [4.69, 9.17) is 11.3 Å². The molecule has 5 rings (SSSR count). The fourth-order valence-electron chi connectivity index (χ4n) is 3.54. The zero-order valence-corrected chi connectivity index (χ0v) is 15.3. The quantitative estimate of drug-likeness (QED) is 0.366. The number of furan rings is 1. The lowest BCUT2D eigenvalue weighted by molar-refractivity contribution is 0.411. The number of hydrogen-bond donors (Lipinski definition) is 0. The zero-order valence-electron chi connectivity index (χ0n) is 20.3. The summed E-state index contributed by atoms with van der Waals surface area (Å²) in [5.74, 6) is 0. The average molecular weight is 360 g/mol. The summed E-state index contributed by atoms with van der Waals surface area (Å²) >= 11 is 0. The van der Waals surface area contributed by atoms with Crippen molar-refractivity contribution in [3.63, 3.8) is 0 Å². The van der Waals surface area contributed by atoms with E-state index >= 15 is 0 Å². The van der Waals surface area contributed by atoms with Crippen LogP contribution in [-0.2, 0) is 6.37 Å². The lowest BCUT2D eigenvalue weighted by atomic mass is 9.88. The van der Waals surface area contributed by atoms with Crippen molar-refractivity contribution in [2.75, 3.05) is 0 Å². The molecule has 0 spiro atoms. The monoisotopic (exact) mass is 360 g/mol. The molecule has 4 heterocycles. The molecular weight excluding hydrogens is 334 g/mol. The van der Waals surface area contributed by atoms with Gasteiger partial charge in [-0.15, -0.1) is 0 Å². The topological polar surface area (TPSA) is 51.8 Å². The summed E-state index contributed by atoms with van der Waals surface area (Å²) in [7, 11) is 0. The normalized spacial score (nSPS) is 16.3. The van der Waals surface area contributed by atoms with Gasteiger partial charge in [-0.3, -0.25) is 15.0 Å². The van der Waals surface area contributed by atoms with Crippen LogP contribution >= 0.6 is 0 Å². The SMILES string of the molecule is [2H]C([2H])([2H])c1cc2oc3ccc(-c4cc(C([2H])([2H])C(C)(C)C)ccn4)c4ncc(n1)c2c34. The number of aromatic nitrogens is 3. The maximum absolute atomic E-state index is 8.61. The maximum atomic E-state index is 8.61. The number of hydrogen-bond acceptors (Lipinski definition) is 4. The van der Waals surface area contributed by atoms with Crippen molar-refractivity contribution in [1.82, 2.24) is 15.0 Å². The van der Waals surface area contributed by atoms with Gasteiger partial charge < -0.3 is 4.42 Å². The van der Waals surface area contributed by atoms with Crippen molar-refractivity contribution in [3.05, 3.63) is 54.0 Å². The minimum absolute atomic E-state index is 0.0343. The van der Waals surface area contributed by atoms with Crippen LogP contribution in [0.4, 0.5) is 0 Å². The largest absolute Gasteiger partial charge is 0.456 e. The molecule has 0 aliphatic rings. The summed E-state index contributed by atoms with van der Waals surface area (Å²) in [4.78, 5) is 13.4. The van der Waals surface area contributed by atoms with Gasteiger partial charge in [0, 0.05) is 30.4 Å². The van der Waals surface area contributed by atoms with Crippen LogP contribution in [-0.4, -0.2) is 15.0 Å². The molecule has 4 heteroatoms. The van der Waals surface area contributed by atoms with E-state index in [2.05, 4.69) is 15.0 Å². The molecule has 1 aromatic carbocycles. The van der Waals surface area contributed by atoms with E-state index in [1.54, 1.807) is 30.6 Å². The highest BCUT2D eigenvalue weighted by atomic mass is 16.3. The molecule has 27 heavy (non-hydrogen) atoms. The number of aryl methyl sites for hydroxylation is 1. The van der Waals surface area contributed by atoms with E-state index in [-0.39, 0.29) is 5.69 Å². The Labute approximate surface area is 164 Å². The Kier molecular flexibility index (Phi) is 2.37. The average Bonchev–Trinajstić information content (AvgIpc) is 3.10.